The molecule has 0 fully saturated rings. The maximum absolute atomic E-state index is 11.6. The maximum atomic E-state index is 11.6. The number of rotatable bonds is 5. The molecule has 0 amide bonds. The summed E-state index contributed by atoms with van der Waals surface area (Å²) >= 11 is 0. The SMILES string of the molecule is CCOC(=O)c1nc(Cc2ccc(OC)cc2)n(C)n1. The summed E-state index contributed by atoms with van der Waals surface area (Å²) in [5, 5.41) is 4.07. The van der Waals surface area contributed by atoms with Crippen molar-refractivity contribution >= 4 is 5.97 Å². The van der Waals surface area contributed by atoms with Crippen LogP contribution in [0.3, 0.4) is 0 Å². The standard InChI is InChI=1S/C14H17N3O3/c1-4-20-14(18)13-15-12(17(2)16-13)9-10-5-7-11(19-3)8-6-10/h5-8H,4,9H2,1-3H3. The zero-order chi connectivity index (χ0) is 14.5. The number of benzene rings is 1. The van der Waals surface area contributed by atoms with E-state index < -0.39 is 5.97 Å². The number of aryl methyl sites for hydroxylation is 1. The van der Waals surface area contributed by atoms with Crippen LogP contribution in [0.15, 0.2) is 24.3 Å². The number of hydrogen-bond acceptors (Lipinski definition) is 5. The summed E-state index contributed by atoms with van der Waals surface area (Å²) < 4.78 is 11.6. The lowest BCUT2D eigenvalue weighted by Gasteiger charge is -2.02. The monoisotopic (exact) mass is 275 g/mol. The van der Waals surface area contributed by atoms with Crippen molar-refractivity contribution in [3.8, 4) is 5.75 Å². The lowest BCUT2D eigenvalue weighted by Crippen LogP contribution is -2.07. The van der Waals surface area contributed by atoms with Gasteiger partial charge in [-0.15, -0.1) is 5.10 Å². The lowest BCUT2D eigenvalue weighted by molar-refractivity contribution is 0.0512. The molecule has 0 N–H and O–H groups in total. The Hall–Kier alpha value is -2.37. The van der Waals surface area contributed by atoms with Gasteiger partial charge in [-0.05, 0) is 24.6 Å². The smallest absolute Gasteiger partial charge is 0.378 e. The molecule has 1 aromatic carbocycles. The predicted octanol–water partition coefficient (Wildman–Crippen LogP) is 1.59. The number of esters is 1. The van der Waals surface area contributed by atoms with Gasteiger partial charge in [0.1, 0.15) is 11.6 Å². The summed E-state index contributed by atoms with van der Waals surface area (Å²) in [5.74, 6) is 1.11. The van der Waals surface area contributed by atoms with Crippen molar-refractivity contribution in [1.29, 1.82) is 0 Å². The van der Waals surface area contributed by atoms with Crippen LogP contribution in [0.4, 0.5) is 0 Å². The highest BCUT2D eigenvalue weighted by molar-refractivity contribution is 5.84. The average molecular weight is 275 g/mol. The topological polar surface area (TPSA) is 66.2 Å². The fraction of sp³-hybridized carbons (Fsp3) is 0.357. The summed E-state index contributed by atoms with van der Waals surface area (Å²) in [5.41, 5.74) is 1.07. The summed E-state index contributed by atoms with van der Waals surface area (Å²) in [7, 11) is 3.39. The Morgan fingerprint density at radius 1 is 1.30 bits per heavy atom. The predicted molar refractivity (Wildman–Crippen MR) is 72.8 cm³/mol. The Kier molecular flexibility index (Phi) is 4.34. The van der Waals surface area contributed by atoms with E-state index in [1.54, 1.807) is 25.8 Å². The molecule has 1 aromatic heterocycles. The number of nitrogens with zero attached hydrogens (tertiary/aromatic N) is 3. The molecule has 0 atom stereocenters. The van der Waals surface area contributed by atoms with Crippen LogP contribution >= 0.6 is 0 Å². The van der Waals surface area contributed by atoms with Crippen molar-refractivity contribution < 1.29 is 14.3 Å². The Bertz CT molecular complexity index is 590. The molecular formula is C14H17N3O3. The second-order valence-corrected chi connectivity index (χ2v) is 4.22. The zero-order valence-electron chi connectivity index (χ0n) is 11.8. The molecule has 2 aromatic rings. The highest BCUT2D eigenvalue weighted by atomic mass is 16.5. The lowest BCUT2D eigenvalue weighted by atomic mass is 10.1. The van der Waals surface area contributed by atoms with Crippen molar-refractivity contribution in [1.82, 2.24) is 14.8 Å². The Balaban J connectivity index is 2.14. The molecule has 20 heavy (non-hydrogen) atoms. The number of carbonyl (C=O) groups excluding carboxylic acids is 1. The van der Waals surface area contributed by atoms with E-state index in [1.807, 2.05) is 24.3 Å². The Morgan fingerprint density at radius 3 is 2.60 bits per heavy atom. The fourth-order valence-corrected chi connectivity index (χ4v) is 1.78. The second-order valence-electron chi connectivity index (χ2n) is 4.22. The van der Waals surface area contributed by atoms with Gasteiger partial charge >= 0.3 is 5.97 Å². The van der Waals surface area contributed by atoms with Crippen LogP contribution in [0.2, 0.25) is 0 Å². The summed E-state index contributed by atoms with van der Waals surface area (Å²) in [6.45, 7) is 2.06. The van der Waals surface area contributed by atoms with Crippen molar-refractivity contribution in [2.24, 2.45) is 7.05 Å². The zero-order valence-corrected chi connectivity index (χ0v) is 11.8. The molecule has 0 saturated heterocycles. The first kappa shape index (κ1) is 14.0. The van der Waals surface area contributed by atoms with Gasteiger partial charge in [0.2, 0.25) is 0 Å². The molecule has 106 valence electrons. The van der Waals surface area contributed by atoms with Crippen LogP contribution in [0.25, 0.3) is 0 Å². The van der Waals surface area contributed by atoms with Gasteiger partial charge in [-0.2, -0.15) is 0 Å². The van der Waals surface area contributed by atoms with Crippen LogP contribution in [-0.2, 0) is 18.2 Å². The van der Waals surface area contributed by atoms with E-state index in [4.69, 9.17) is 9.47 Å². The number of aromatic nitrogens is 3. The molecular weight excluding hydrogens is 258 g/mol. The maximum Gasteiger partial charge on any atom is 0.378 e. The van der Waals surface area contributed by atoms with Crippen LogP contribution in [-0.4, -0.2) is 34.5 Å². The van der Waals surface area contributed by atoms with Crippen molar-refractivity contribution in [3.63, 3.8) is 0 Å². The Morgan fingerprint density at radius 2 is 2.00 bits per heavy atom. The minimum absolute atomic E-state index is 0.0952. The molecule has 0 aliphatic carbocycles. The van der Waals surface area contributed by atoms with Gasteiger partial charge in [-0.3, -0.25) is 4.68 Å². The molecule has 0 spiro atoms. The molecule has 6 nitrogen and oxygen atoms in total. The highest BCUT2D eigenvalue weighted by Crippen LogP contribution is 2.14. The summed E-state index contributed by atoms with van der Waals surface area (Å²) in [6.07, 6.45) is 0.590. The third-order valence-electron chi connectivity index (χ3n) is 2.83. The molecule has 0 saturated carbocycles. The first-order valence-electron chi connectivity index (χ1n) is 6.34. The molecule has 0 radical (unpaired) electrons. The van der Waals surface area contributed by atoms with Crippen LogP contribution in [0, 0.1) is 0 Å². The normalized spacial score (nSPS) is 10.3. The molecule has 1 heterocycles. The van der Waals surface area contributed by atoms with E-state index in [0.717, 1.165) is 11.3 Å². The molecule has 2 rings (SSSR count). The van der Waals surface area contributed by atoms with E-state index in [-0.39, 0.29) is 5.82 Å². The minimum atomic E-state index is -0.496. The van der Waals surface area contributed by atoms with Gasteiger partial charge in [0.05, 0.1) is 13.7 Å². The van der Waals surface area contributed by atoms with Gasteiger partial charge in [-0.25, -0.2) is 9.78 Å². The molecule has 0 aliphatic rings. The highest BCUT2D eigenvalue weighted by Gasteiger charge is 2.15. The van der Waals surface area contributed by atoms with Gasteiger partial charge in [0.25, 0.3) is 5.82 Å². The second kappa shape index (κ2) is 6.18. The van der Waals surface area contributed by atoms with E-state index in [2.05, 4.69) is 10.1 Å². The van der Waals surface area contributed by atoms with Crippen LogP contribution in [0.5, 0.6) is 5.75 Å². The van der Waals surface area contributed by atoms with E-state index in [9.17, 15) is 4.79 Å². The molecule has 0 bridgehead atoms. The Labute approximate surface area is 117 Å². The largest absolute Gasteiger partial charge is 0.497 e. The molecule has 0 unspecified atom stereocenters. The van der Waals surface area contributed by atoms with Crippen molar-refractivity contribution in [2.45, 2.75) is 13.3 Å². The van der Waals surface area contributed by atoms with Gasteiger partial charge in [-0.1, -0.05) is 12.1 Å². The first-order valence-corrected chi connectivity index (χ1v) is 6.34. The van der Waals surface area contributed by atoms with Gasteiger partial charge < -0.3 is 9.47 Å². The van der Waals surface area contributed by atoms with Crippen LogP contribution in [0.1, 0.15) is 28.9 Å². The number of carbonyl (C=O) groups is 1. The van der Waals surface area contributed by atoms with Crippen molar-refractivity contribution in [2.75, 3.05) is 13.7 Å². The quantitative estimate of drug-likeness (QED) is 0.775. The minimum Gasteiger partial charge on any atom is -0.497 e. The fourth-order valence-electron chi connectivity index (χ4n) is 1.78. The first-order chi connectivity index (χ1) is 9.63. The number of methoxy groups -OCH3 is 1. The summed E-state index contributed by atoms with van der Waals surface area (Å²) in [4.78, 5) is 15.8. The number of hydrogen-bond donors (Lipinski definition) is 0. The molecule has 0 aliphatic heterocycles. The molecule has 6 heteroatoms. The van der Waals surface area contributed by atoms with E-state index >= 15 is 0 Å². The van der Waals surface area contributed by atoms with Gasteiger partial charge in [0, 0.05) is 13.5 Å². The average Bonchev–Trinajstić information content (AvgIpc) is 2.81. The van der Waals surface area contributed by atoms with E-state index in [0.29, 0.717) is 18.9 Å². The third kappa shape index (κ3) is 3.14. The third-order valence-corrected chi connectivity index (χ3v) is 2.83. The van der Waals surface area contributed by atoms with Crippen LogP contribution < -0.4 is 4.74 Å². The summed E-state index contributed by atoms with van der Waals surface area (Å²) in [6, 6.07) is 7.69. The van der Waals surface area contributed by atoms with E-state index in [1.165, 1.54) is 0 Å². The van der Waals surface area contributed by atoms with Gasteiger partial charge in [0.15, 0.2) is 0 Å². The number of ether oxygens (including phenoxy) is 2. The van der Waals surface area contributed by atoms with Crippen molar-refractivity contribution in [3.05, 3.63) is 41.5 Å².